The number of carbonyl (C=O) groups excluding carboxylic acids is 1. The number of rotatable bonds is 11. The van der Waals surface area contributed by atoms with Gasteiger partial charge < -0.3 is 10.1 Å². The molecule has 0 bridgehead atoms. The molecule has 12 heteroatoms. The molecule has 39 heavy (non-hydrogen) atoms. The number of halogens is 1. The molecule has 0 radical (unpaired) electrons. The minimum Gasteiger partial charge on any atom is -0.492 e. The SMILES string of the molecule is O=C(CN(c1ccccc1Cl)S(=O)(=O)c1ccccc1)NCCOc1ccc(S(=O)(=O)N2CCCCC2)cc1. The van der Waals surface area contributed by atoms with Crippen molar-refractivity contribution in [2.45, 2.75) is 29.1 Å². The molecule has 3 aromatic carbocycles. The largest absolute Gasteiger partial charge is 0.492 e. The predicted octanol–water partition coefficient (Wildman–Crippen LogP) is 3.91. The number of ether oxygens (including phenoxy) is 1. The molecular formula is C27H30ClN3O6S2. The third-order valence-electron chi connectivity index (χ3n) is 6.21. The highest BCUT2D eigenvalue weighted by Gasteiger charge is 2.29. The Bertz CT molecular complexity index is 1480. The molecule has 1 aliphatic heterocycles. The maximum atomic E-state index is 13.4. The highest BCUT2D eigenvalue weighted by atomic mass is 35.5. The molecule has 1 N–H and O–H groups in total. The molecule has 1 amide bonds. The molecule has 0 spiro atoms. The summed E-state index contributed by atoms with van der Waals surface area (Å²) in [6.45, 7) is 0.779. The van der Waals surface area contributed by atoms with Crippen molar-refractivity contribution in [3.8, 4) is 5.75 Å². The van der Waals surface area contributed by atoms with Gasteiger partial charge in [0.05, 0.1) is 27.0 Å². The van der Waals surface area contributed by atoms with Crippen LogP contribution >= 0.6 is 11.6 Å². The first-order valence-electron chi connectivity index (χ1n) is 12.5. The molecule has 0 saturated carbocycles. The lowest BCUT2D eigenvalue weighted by atomic mass is 10.2. The number of carbonyl (C=O) groups is 1. The van der Waals surface area contributed by atoms with Crippen LogP contribution < -0.4 is 14.4 Å². The molecule has 4 rings (SSSR count). The number of hydrogen-bond donors (Lipinski definition) is 1. The monoisotopic (exact) mass is 591 g/mol. The summed E-state index contributed by atoms with van der Waals surface area (Å²) in [5, 5.41) is 2.85. The van der Waals surface area contributed by atoms with Gasteiger partial charge in [-0.25, -0.2) is 16.8 Å². The van der Waals surface area contributed by atoms with E-state index in [9.17, 15) is 21.6 Å². The number of amides is 1. The Morgan fingerprint density at radius 3 is 2.15 bits per heavy atom. The second kappa shape index (κ2) is 12.8. The van der Waals surface area contributed by atoms with Gasteiger partial charge in [-0.05, 0) is 61.4 Å². The molecule has 1 fully saturated rings. The third-order valence-corrected chi connectivity index (χ3v) is 10.2. The van der Waals surface area contributed by atoms with Crippen LogP contribution in [0.2, 0.25) is 5.02 Å². The summed E-state index contributed by atoms with van der Waals surface area (Å²) >= 11 is 6.28. The van der Waals surface area contributed by atoms with Gasteiger partial charge in [-0.15, -0.1) is 0 Å². The average Bonchev–Trinajstić information content (AvgIpc) is 2.95. The van der Waals surface area contributed by atoms with Crippen LogP contribution in [0.3, 0.4) is 0 Å². The zero-order valence-electron chi connectivity index (χ0n) is 21.2. The first kappa shape index (κ1) is 28.9. The Labute approximate surface area is 234 Å². The van der Waals surface area contributed by atoms with Gasteiger partial charge in [0.25, 0.3) is 10.0 Å². The van der Waals surface area contributed by atoms with Crippen LogP contribution in [-0.4, -0.2) is 59.8 Å². The molecule has 1 saturated heterocycles. The number of para-hydroxylation sites is 1. The van der Waals surface area contributed by atoms with Crippen molar-refractivity contribution >= 4 is 43.2 Å². The Morgan fingerprint density at radius 2 is 1.49 bits per heavy atom. The maximum Gasteiger partial charge on any atom is 0.264 e. The Kier molecular flexibility index (Phi) is 9.49. The van der Waals surface area contributed by atoms with E-state index in [1.807, 2.05) is 0 Å². The highest BCUT2D eigenvalue weighted by Crippen LogP contribution is 2.30. The zero-order valence-corrected chi connectivity index (χ0v) is 23.6. The zero-order chi connectivity index (χ0) is 27.9. The number of hydrogen-bond acceptors (Lipinski definition) is 6. The summed E-state index contributed by atoms with van der Waals surface area (Å²) in [5.41, 5.74) is 0.189. The Morgan fingerprint density at radius 1 is 0.846 bits per heavy atom. The fraction of sp³-hybridized carbons (Fsp3) is 0.296. The lowest BCUT2D eigenvalue weighted by Crippen LogP contribution is -2.42. The molecule has 0 atom stereocenters. The van der Waals surface area contributed by atoms with Crippen molar-refractivity contribution in [2.24, 2.45) is 0 Å². The second-order valence-electron chi connectivity index (χ2n) is 8.91. The van der Waals surface area contributed by atoms with Gasteiger partial charge >= 0.3 is 0 Å². The summed E-state index contributed by atoms with van der Waals surface area (Å²) in [4.78, 5) is 13.0. The minimum absolute atomic E-state index is 0.0341. The first-order chi connectivity index (χ1) is 18.7. The van der Waals surface area contributed by atoms with Crippen LogP contribution in [0.25, 0.3) is 0 Å². The van der Waals surface area contributed by atoms with Gasteiger partial charge in [0, 0.05) is 13.1 Å². The van der Waals surface area contributed by atoms with Crippen LogP contribution in [0, 0.1) is 0 Å². The first-order valence-corrected chi connectivity index (χ1v) is 15.8. The molecule has 0 aliphatic carbocycles. The van der Waals surface area contributed by atoms with Gasteiger partial charge in [0.2, 0.25) is 15.9 Å². The second-order valence-corrected chi connectivity index (χ2v) is 13.1. The lowest BCUT2D eigenvalue weighted by Gasteiger charge is -2.25. The van der Waals surface area contributed by atoms with E-state index >= 15 is 0 Å². The summed E-state index contributed by atoms with van der Waals surface area (Å²) < 4.78 is 60.4. The minimum atomic E-state index is -4.07. The van der Waals surface area contributed by atoms with Crippen molar-refractivity contribution in [3.63, 3.8) is 0 Å². The number of benzene rings is 3. The summed E-state index contributed by atoms with van der Waals surface area (Å²) in [6.07, 6.45) is 2.76. The normalized spacial score (nSPS) is 14.5. The van der Waals surface area contributed by atoms with Crippen molar-refractivity contribution < 1.29 is 26.4 Å². The molecule has 0 unspecified atom stereocenters. The number of sulfonamides is 2. The quantitative estimate of drug-likeness (QED) is 0.338. The van der Waals surface area contributed by atoms with E-state index in [4.69, 9.17) is 16.3 Å². The number of nitrogens with one attached hydrogen (secondary N) is 1. The van der Waals surface area contributed by atoms with E-state index in [-0.39, 0.29) is 33.7 Å². The van der Waals surface area contributed by atoms with E-state index < -0.39 is 32.5 Å². The number of nitrogens with zero attached hydrogens (tertiary/aromatic N) is 2. The van der Waals surface area contributed by atoms with Crippen LogP contribution in [0.15, 0.2) is 88.7 Å². The van der Waals surface area contributed by atoms with E-state index in [1.54, 1.807) is 48.5 Å². The number of anilines is 1. The van der Waals surface area contributed by atoms with Crippen LogP contribution in [0.4, 0.5) is 5.69 Å². The molecule has 208 valence electrons. The van der Waals surface area contributed by atoms with Gasteiger partial charge in [-0.2, -0.15) is 4.31 Å². The molecular weight excluding hydrogens is 562 g/mol. The standard InChI is InChI=1S/C27H30ClN3O6S2/c28-25-11-5-6-12-26(25)31(39(35,36)23-9-3-1-4-10-23)21-27(32)29-17-20-37-22-13-15-24(16-14-22)38(33,34)30-18-7-2-8-19-30/h1,3-6,9-16H,2,7-8,17-21H2,(H,29,32). The van der Waals surface area contributed by atoms with Crippen molar-refractivity contribution in [3.05, 3.63) is 83.9 Å². The van der Waals surface area contributed by atoms with E-state index in [1.165, 1.54) is 34.6 Å². The topological polar surface area (TPSA) is 113 Å². The fourth-order valence-corrected chi connectivity index (χ4v) is 7.45. The maximum absolute atomic E-state index is 13.4. The highest BCUT2D eigenvalue weighted by molar-refractivity contribution is 7.93. The predicted molar refractivity (Wildman–Crippen MR) is 150 cm³/mol. The van der Waals surface area contributed by atoms with Gasteiger partial charge in [-0.1, -0.05) is 48.4 Å². The van der Waals surface area contributed by atoms with E-state index in [0.29, 0.717) is 18.8 Å². The Balaban J connectivity index is 1.34. The molecule has 0 aromatic heterocycles. The van der Waals surface area contributed by atoms with Crippen molar-refractivity contribution in [1.82, 2.24) is 9.62 Å². The molecule has 3 aromatic rings. The summed E-state index contributed by atoms with van der Waals surface area (Å²) in [7, 11) is -7.59. The summed E-state index contributed by atoms with van der Waals surface area (Å²) in [5.74, 6) is -0.0906. The number of piperidine rings is 1. The van der Waals surface area contributed by atoms with Gasteiger partial charge in [0.1, 0.15) is 18.9 Å². The van der Waals surface area contributed by atoms with Crippen LogP contribution in [0.1, 0.15) is 19.3 Å². The van der Waals surface area contributed by atoms with E-state index in [0.717, 1.165) is 23.6 Å². The van der Waals surface area contributed by atoms with Gasteiger partial charge in [-0.3, -0.25) is 9.10 Å². The molecule has 9 nitrogen and oxygen atoms in total. The van der Waals surface area contributed by atoms with Crippen LogP contribution in [0.5, 0.6) is 5.75 Å². The summed E-state index contributed by atoms with van der Waals surface area (Å²) in [6, 6.07) is 20.4. The molecule has 1 heterocycles. The van der Waals surface area contributed by atoms with E-state index in [2.05, 4.69) is 5.32 Å². The third kappa shape index (κ3) is 7.10. The fourth-order valence-electron chi connectivity index (χ4n) is 4.18. The van der Waals surface area contributed by atoms with Crippen molar-refractivity contribution in [2.75, 3.05) is 37.1 Å². The lowest BCUT2D eigenvalue weighted by molar-refractivity contribution is -0.119. The van der Waals surface area contributed by atoms with Crippen LogP contribution in [-0.2, 0) is 24.8 Å². The smallest absolute Gasteiger partial charge is 0.264 e. The molecule has 1 aliphatic rings. The van der Waals surface area contributed by atoms with Gasteiger partial charge in [0.15, 0.2) is 0 Å². The Hall–Kier alpha value is -3.12. The van der Waals surface area contributed by atoms with Crippen molar-refractivity contribution in [1.29, 1.82) is 0 Å². The average molecular weight is 592 g/mol.